The molecule has 0 saturated carbocycles. The van der Waals surface area contributed by atoms with E-state index in [1.54, 1.807) is 0 Å². The molecule has 0 fully saturated rings. The van der Waals surface area contributed by atoms with E-state index in [1.165, 1.54) is 33.6 Å². The Bertz CT molecular complexity index is 1620. The molecule has 40 heavy (non-hydrogen) atoms. The molecule has 5 aromatic carbocycles. The number of para-hydroxylation sites is 2. The van der Waals surface area contributed by atoms with Crippen molar-refractivity contribution in [2.75, 3.05) is 9.80 Å². The average Bonchev–Trinajstić information content (AvgIpc) is 3.00. The number of benzene rings is 5. The maximum Gasteiger partial charge on any atom is 0.0562 e. The summed E-state index contributed by atoms with van der Waals surface area (Å²) in [6.45, 7) is 4.32. The molecular formula is C38H34N2. The molecule has 196 valence electrons. The second-order valence-corrected chi connectivity index (χ2v) is 10.4. The van der Waals surface area contributed by atoms with E-state index in [2.05, 4.69) is 175 Å². The summed E-state index contributed by atoms with van der Waals surface area (Å²) in [5, 5.41) is 0. The van der Waals surface area contributed by atoms with Crippen LogP contribution >= 0.6 is 0 Å². The second kappa shape index (κ2) is 11.5. The van der Waals surface area contributed by atoms with Gasteiger partial charge < -0.3 is 9.80 Å². The van der Waals surface area contributed by atoms with Crippen molar-refractivity contribution in [3.8, 4) is 11.1 Å². The van der Waals surface area contributed by atoms with E-state index in [0.29, 0.717) is 6.04 Å². The highest BCUT2D eigenvalue weighted by molar-refractivity contribution is 5.79. The Morgan fingerprint density at radius 1 is 0.525 bits per heavy atom. The average molecular weight is 519 g/mol. The normalized spacial score (nSPS) is 14.4. The summed E-state index contributed by atoms with van der Waals surface area (Å²) in [6.07, 6.45) is 7.85. The van der Waals surface area contributed by atoms with Gasteiger partial charge in [-0.3, -0.25) is 0 Å². The molecule has 0 aromatic heterocycles. The van der Waals surface area contributed by atoms with E-state index in [4.69, 9.17) is 0 Å². The third-order valence-corrected chi connectivity index (χ3v) is 7.46. The van der Waals surface area contributed by atoms with Crippen LogP contribution in [-0.4, -0.2) is 6.04 Å². The summed E-state index contributed by atoms with van der Waals surface area (Å²) in [6, 6.07) is 48.1. The first-order chi connectivity index (χ1) is 19.7. The maximum absolute atomic E-state index is 2.44. The highest BCUT2D eigenvalue weighted by Gasteiger charge is 2.20. The Hall–Kier alpha value is -4.82. The number of hydrogen-bond donors (Lipinski definition) is 0. The number of rotatable bonds is 7. The molecule has 0 saturated heterocycles. The molecule has 1 atom stereocenters. The van der Waals surface area contributed by atoms with Gasteiger partial charge in [-0.1, -0.05) is 96.6 Å². The summed E-state index contributed by atoms with van der Waals surface area (Å²) in [4.78, 5) is 4.76. The van der Waals surface area contributed by atoms with Crippen LogP contribution in [0, 0.1) is 6.92 Å². The van der Waals surface area contributed by atoms with Crippen molar-refractivity contribution in [3.05, 3.63) is 163 Å². The molecule has 0 radical (unpaired) electrons. The molecule has 5 aromatic rings. The predicted molar refractivity (Wildman–Crippen MR) is 171 cm³/mol. The fourth-order valence-corrected chi connectivity index (χ4v) is 5.53. The zero-order chi connectivity index (χ0) is 27.3. The van der Waals surface area contributed by atoms with Crippen molar-refractivity contribution in [1.29, 1.82) is 0 Å². The van der Waals surface area contributed by atoms with Gasteiger partial charge in [-0.15, -0.1) is 0 Å². The van der Waals surface area contributed by atoms with Crippen LogP contribution in [0.2, 0.25) is 0 Å². The number of allylic oxidation sites excluding steroid dienone is 2. The lowest BCUT2D eigenvalue weighted by Crippen LogP contribution is -2.30. The lowest BCUT2D eigenvalue weighted by Gasteiger charge is -2.33. The van der Waals surface area contributed by atoms with Gasteiger partial charge in [-0.2, -0.15) is 0 Å². The molecule has 0 heterocycles. The maximum atomic E-state index is 2.44. The SMILES string of the molecule is CC1=CC(N(c2ccccc2)c2ccc(-c3ccc(N(c4ccccc4)c4cccc(C)c4)cc3)cc2)CC=C1. The monoisotopic (exact) mass is 518 g/mol. The molecule has 0 amide bonds. The van der Waals surface area contributed by atoms with Crippen LogP contribution in [-0.2, 0) is 0 Å². The van der Waals surface area contributed by atoms with Crippen molar-refractivity contribution in [3.63, 3.8) is 0 Å². The van der Waals surface area contributed by atoms with E-state index in [-0.39, 0.29) is 0 Å². The largest absolute Gasteiger partial charge is 0.334 e. The summed E-state index contributed by atoms with van der Waals surface area (Å²) in [7, 11) is 0. The van der Waals surface area contributed by atoms with Crippen molar-refractivity contribution in [1.82, 2.24) is 0 Å². The Labute approximate surface area is 238 Å². The Morgan fingerprint density at radius 2 is 1.05 bits per heavy atom. The first-order valence-corrected chi connectivity index (χ1v) is 14.0. The van der Waals surface area contributed by atoms with Crippen molar-refractivity contribution in [2.45, 2.75) is 26.3 Å². The Kier molecular flexibility index (Phi) is 7.32. The van der Waals surface area contributed by atoms with Crippen LogP contribution < -0.4 is 9.80 Å². The molecule has 0 aliphatic heterocycles. The van der Waals surface area contributed by atoms with Crippen molar-refractivity contribution in [2.24, 2.45) is 0 Å². The number of nitrogens with zero attached hydrogens (tertiary/aromatic N) is 2. The van der Waals surface area contributed by atoms with Gasteiger partial charge in [0.1, 0.15) is 0 Å². The van der Waals surface area contributed by atoms with Gasteiger partial charge >= 0.3 is 0 Å². The first-order valence-electron chi connectivity index (χ1n) is 14.0. The second-order valence-electron chi connectivity index (χ2n) is 10.4. The molecule has 1 unspecified atom stereocenters. The highest BCUT2D eigenvalue weighted by atomic mass is 15.2. The molecule has 1 aliphatic carbocycles. The summed E-state index contributed by atoms with van der Waals surface area (Å²) < 4.78 is 0. The smallest absolute Gasteiger partial charge is 0.0562 e. The van der Waals surface area contributed by atoms with Crippen molar-refractivity contribution < 1.29 is 0 Å². The minimum atomic E-state index is 0.295. The zero-order valence-electron chi connectivity index (χ0n) is 23.1. The van der Waals surface area contributed by atoms with Crippen LogP contribution in [0.1, 0.15) is 18.9 Å². The first kappa shape index (κ1) is 25.5. The fraction of sp³-hybridized carbons (Fsp3) is 0.105. The van der Waals surface area contributed by atoms with Crippen LogP contribution in [0.25, 0.3) is 11.1 Å². The predicted octanol–water partition coefficient (Wildman–Crippen LogP) is 10.5. The summed E-state index contributed by atoms with van der Waals surface area (Å²) >= 11 is 0. The van der Waals surface area contributed by atoms with Crippen LogP contribution in [0.4, 0.5) is 28.4 Å². The van der Waals surface area contributed by atoms with Gasteiger partial charge in [0.2, 0.25) is 0 Å². The quantitative estimate of drug-likeness (QED) is 0.211. The summed E-state index contributed by atoms with van der Waals surface area (Å²) in [5.41, 5.74) is 10.8. The standard InChI is InChI=1S/C38H34N2/c1-29-11-9-17-37(27-29)39(33-13-5-3-6-14-33)35-23-19-31(20-24-35)32-21-25-36(26-22-32)40(34-15-7-4-8-16-34)38-18-10-12-30(2)28-38/h3-17,19-28,38H,18H2,1-2H3. The molecule has 2 nitrogen and oxygen atoms in total. The van der Waals surface area contributed by atoms with Gasteiger partial charge in [0, 0.05) is 28.4 Å². The van der Waals surface area contributed by atoms with E-state index in [9.17, 15) is 0 Å². The minimum absolute atomic E-state index is 0.295. The van der Waals surface area contributed by atoms with Crippen molar-refractivity contribution >= 4 is 28.4 Å². The Balaban J connectivity index is 1.30. The number of anilines is 5. The topological polar surface area (TPSA) is 6.48 Å². The summed E-state index contributed by atoms with van der Waals surface area (Å²) in [5.74, 6) is 0. The molecular weight excluding hydrogens is 484 g/mol. The van der Waals surface area contributed by atoms with E-state index in [1.807, 2.05) is 0 Å². The third-order valence-electron chi connectivity index (χ3n) is 7.46. The van der Waals surface area contributed by atoms with Crippen LogP contribution in [0.3, 0.4) is 0 Å². The van der Waals surface area contributed by atoms with E-state index in [0.717, 1.165) is 23.5 Å². The van der Waals surface area contributed by atoms with Gasteiger partial charge in [0.25, 0.3) is 0 Å². The molecule has 0 bridgehead atoms. The van der Waals surface area contributed by atoms with E-state index >= 15 is 0 Å². The molecule has 1 aliphatic rings. The molecule has 0 spiro atoms. The van der Waals surface area contributed by atoms with E-state index < -0.39 is 0 Å². The van der Waals surface area contributed by atoms with Gasteiger partial charge in [0.05, 0.1) is 6.04 Å². The van der Waals surface area contributed by atoms with Gasteiger partial charge in [0.15, 0.2) is 0 Å². The minimum Gasteiger partial charge on any atom is -0.334 e. The lowest BCUT2D eigenvalue weighted by molar-refractivity contribution is 0.778. The Morgan fingerprint density at radius 3 is 1.65 bits per heavy atom. The molecule has 2 heteroatoms. The number of hydrogen-bond acceptors (Lipinski definition) is 2. The lowest BCUT2D eigenvalue weighted by atomic mass is 9.99. The number of aryl methyl sites for hydroxylation is 1. The highest BCUT2D eigenvalue weighted by Crippen LogP contribution is 2.37. The van der Waals surface area contributed by atoms with Crippen LogP contribution in [0.5, 0.6) is 0 Å². The van der Waals surface area contributed by atoms with Gasteiger partial charge in [-0.25, -0.2) is 0 Å². The third kappa shape index (κ3) is 5.48. The van der Waals surface area contributed by atoms with Crippen LogP contribution in [0.15, 0.2) is 157 Å². The molecule has 6 rings (SSSR count). The van der Waals surface area contributed by atoms with Gasteiger partial charge in [-0.05, 0) is 97.6 Å². The fourth-order valence-electron chi connectivity index (χ4n) is 5.53. The zero-order valence-corrected chi connectivity index (χ0v) is 23.1. The molecule has 0 N–H and O–H groups in total.